The summed E-state index contributed by atoms with van der Waals surface area (Å²) in [6, 6.07) is 7.05. The molecule has 182 valence electrons. The molecule has 2 aromatic rings. The molecule has 1 aliphatic heterocycles. The van der Waals surface area contributed by atoms with Crippen molar-refractivity contribution in [3.05, 3.63) is 53.0 Å². The molecule has 8 nitrogen and oxygen atoms in total. The van der Waals surface area contributed by atoms with E-state index in [0.29, 0.717) is 40.8 Å². The first-order valence-corrected chi connectivity index (χ1v) is 11.6. The SMILES string of the molecule is COCC(C)Oc1cnccc1N(C)C1=C(C(=S)Nc2cccc(Cl)c2OC)C(=O)N[C@H](C)C1. The average Bonchev–Trinajstić information content (AvgIpc) is 2.78. The first-order valence-electron chi connectivity index (χ1n) is 10.8. The highest BCUT2D eigenvalue weighted by Gasteiger charge is 2.31. The predicted molar refractivity (Wildman–Crippen MR) is 138 cm³/mol. The molecular weight excluding hydrogens is 476 g/mol. The van der Waals surface area contributed by atoms with Crippen LogP contribution in [0, 0.1) is 0 Å². The number of hydrogen-bond acceptors (Lipinski definition) is 7. The first-order chi connectivity index (χ1) is 16.3. The maximum absolute atomic E-state index is 13.1. The Labute approximate surface area is 210 Å². The van der Waals surface area contributed by atoms with Gasteiger partial charge in [-0.2, -0.15) is 0 Å². The number of aromatic nitrogens is 1. The molecule has 1 unspecified atom stereocenters. The summed E-state index contributed by atoms with van der Waals surface area (Å²) in [5.74, 6) is 0.766. The van der Waals surface area contributed by atoms with Crippen molar-refractivity contribution in [1.29, 1.82) is 0 Å². The fraction of sp³-hybridized carbons (Fsp3) is 0.375. The summed E-state index contributed by atoms with van der Waals surface area (Å²) < 4.78 is 16.7. The molecule has 1 aromatic heterocycles. The Bertz CT molecular complexity index is 1090. The van der Waals surface area contributed by atoms with Crippen molar-refractivity contribution in [2.75, 3.05) is 38.1 Å². The molecule has 0 saturated carbocycles. The van der Waals surface area contributed by atoms with E-state index in [1.807, 2.05) is 31.9 Å². The molecule has 0 spiro atoms. The van der Waals surface area contributed by atoms with Gasteiger partial charge in [-0.3, -0.25) is 9.78 Å². The molecule has 1 aromatic carbocycles. The minimum atomic E-state index is -0.261. The summed E-state index contributed by atoms with van der Waals surface area (Å²) in [4.78, 5) is 19.5. The number of rotatable bonds is 9. The van der Waals surface area contributed by atoms with Crippen LogP contribution in [-0.2, 0) is 9.53 Å². The molecule has 2 atom stereocenters. The van der Waals surface area contributed by atoms with Gasteiger partial charge in [0.05, 0.1) is 41.9 Å². The third kappa shape index (κ3) is 5.78. The first kappa shape index (κ1) is 25.7. The highest BCUT2D eigenvalue weighted by atomic mass is 35.5. The number of halogens is 1. The second kappa shape index (κ2) is 11.5. The molecule has 34 heavy (non-hydrogen) atoms. The largest absolute Gasteiger partial charge is 0.493 e. The molecular formula is C24H29ClN4O4S. The van der Waals surface area contributed by atoms with Crippen LogP contribution in [0.4, 0.5) is 11.4 Å². The van der Waals surface area contributed by atoms with Gasteiger partial charge in [0.15, 0.2) is 11.5 Å². The van der Waals surface area contributed by atoms with Crippen LogP contribution in [0.2, 0.25) is 5.02 Å². The number of nitrogens with zero attached hydrogens (tertiary/aromatic N) is 2. The lowest BCUT2D eigenvalue weighted by molar-refractivity contribution is -0.118. The van der Waals surface area contributed by atoms with E-state index in [0.717, 1.165) is 11.4 Å². The third-order valence-electron chi connectivity index (χ3n) is 5.30. The van der Waals surface area contributed by atoms with Crippen LogP contribution in [0.15, 0.2) is 47.9 Å². The minimum absolute atomic E-state index is 0.0733. The summed E-state index contributed by atoms with van der Waals surface area (Å²) >= 11 is 11.9. The highest BCUT2D eigenvalue weighted by molar-refractivity contribution is 7.81. The number of methoxy groups -OCH3 is 2. The Morgan fingerprint density at radius 3 is 2.85 bits per heavy atom. The molecule has 2 N–H and O–H groups in total. The zero-order valence-corrected chi connectivity index (χ0v) is 21.4. The van der Waals surface area contributed by atoms with E-state index in [-0.39, 0.29) is 23.0 Å². The summed E-state index contributed by atoms with van der Waals surface area (Å²) in [6.45, 7) is 4.29. The lowest BCUT2D eigenvalue weighted by Crippen LogP contribution is -2.44. The van der Waals surface area contributed by atoms with Crippen LogP contribution in [0.3, 0.4) is 0 Å². The second-order valence-corrected chi connectivity index (χ2v) is 8.78. The summed E-state index contributed by atoms with van der Waals surface area (Å²) in [5.41, 5.74) is 2.45. The summed E-state index contributed by atoms with van der Waals surface area (Å²) in [6.07, 6.45) is 3.72. The molecule has 0 radical (unpaired) electrons. The lowest BCUT2D eigenvalue weighted by atomic mass is 9.99. The Hall–Kier alpha value is -2.88. The number of anilines is 2. The normalized spacial score (nSPS) is 16.5. The topological polar surface area (TPSA) is 85.0 Å². The van der Waals surface area contributed by atoms with Gasteiger partial charge in [-0.15, -0.1) is 0 Å². The minimum Gasteiger partial charge on any atom is -0.493 e. The maximum atomic E-state index is 13.1. The van der Waals surface area contributed by atoms with Gasteiger partial charge in [0.1, 0.15) is 11.1 Å². The van der Waals surface area contributed by atoms with Crippen molar-refractivity contribution in [1.82, 2.24) is 10.3 Å². The van der Waals surface area contributed by atoms with Crippen molar-refractivity contribution in [2.45, 2.75) is 32.4 Å². The average molecular weight is 505 g/mol. The van der Waals surface area contributed by atoms with Crippen molar-refractivity contribution < 1.29 is 19.0 Å². The van der Waals surface area contributed by atoms with Crippen LogP contribution < -0.4 is 25.0 Å². The van der Waals surface area contributed by atoms with Crippen LogP contribution in [0.5, 0.6) is 11.5 Å². The number of nitrogens with one attached hydrogen (secondary N) is 2. The van der Waals surface area contributed by atoms with Gasteiger partial charge in [0.2, 0.25) is 0 Å². The number of carbonyl (C=O) groups excluding carboxylic acids is 1. The quantitative estimate of drug-likeness (QED) is 0.492. The van der Waals surface area contributed by atoms with Crippen LogP contribution in [0.25, 0.3) is 0 Å². The smallest absolute Gasteiger partial charge is 0.256 e. The van der Waals surface area contributed by atoms with E-state index in [2.05, 4.69) is 15.6 Å². The summed E-state index contributed by atoms with van der Waals surface area (Å²) in [7, 11) is 5.03. The van der Waals surface area contributed by atoms with Gasteiger partial charge in [-0.1, -0.05) is 29.9 Å². The van der Waals surface area contributed by atoms with E-state index in [1.54, 1.807) is 37.7 Å². The Morgan fingerprint density at radius 1 is 1.38 bits per heavy atom. The molecule has 0 fully saturated rings. The van der Waals surface area contributed by atoms with Crippen molar-refractivity contribution in [3.8, 4) is 11.5 Å². The molecule has 10 heteroatoms. The van der Waals surface area contributed by atoms with Gasteiger partial charge in [-0.05, 0) is 32.0 Å². The van der Waals surface area contributed by atoms with E-state index < -0.39 is 0 Å². The van der Waals surface area contributed by atoms with E-state index in [4.69, 9.17) is 38.0 Å². The van der Waals surface area contributed by atoms with E-state index in [1.165, 1.54) is 7.11 Å². The number of hydrogen-bond donors (Lipinski definition) is 2. The number of ether oxygens (including phenoxy) is 3. The fourth-order valence-corrected chi connectivity index (χ4v) is 4.35. The second-order valence-electron chi connectivity index (χ2n) is 7.96. The van der Waals surface area contributed by atoms with Gasteiger partial charge in [0, 0.05) is 38.5 Å². The molecule has 1 amide bonds. The number of carbonyl (C=O) groups is 1. The van der Waals surface area contributed by atoms with Crippen molar-refractivity contribution in [2.24, 2.45) is 0 Å². The maximum Gasteiger partial charge on any atom is 0.256 e. The van der Waals surface area contributed by atoms with Gasteiger partial charge < -0.3 is 29.7 Å². The van der Waals surface area contributed by atoms with Crippen LogP contribution >= 0.6 is 23.8 Å². The van der Waals surface area contributed by atoms with Gasteiger partial charge >= 0.3 is 0 Å². The van der Waals surface area contributed by atoms with Gasteiger partial charge in [0.25, 0.3) is 5.91 Å². The van der Waals surface area contributed by atoms with Crippen molar-refractivity contribution >= 4 is 46.1 Å². The monoisotopic (exact) mass is 504 g/mol. The predicted octanol–water partition coefficient (Wildman–Crippen LogP) is 4.20. The number of para-hydroxylation sites is 1. The number of pyridine rings is 1. The third-order valence-corrected chi connectivity index (χ3v) is 5.90. The zero-order chi connectivity index (χ0) is 24.8. The van der Waals surface area contributed by atoms with Crippen LogP contribution in [0.1, 0.15) is 20.3 Å². The Balaban J connectivity index is 2.01. The standard InChI is InChI=1S/C24H29ClN4O4S/c1-14-11-19(29(3)18-9-10-26-12-20(18)33-15(2)13-31-4)21(23(30)27-14)24(34)28-17-8-6-7-16(25)22(17)32-5/h6-10,12,14-15H,11,13H2,1-5H3,(H,27,30)(H,28,34)/t14-,15?/m1/s1. The highest BCUT2D eigenvalue weighted by Crippen LogP contribution is 2.35. The molecule has 3 rings (SSSR count). The van der Waals surface area contributed by atoms with E-state index in [9.17, 15) is 4.79 Å². The number of benzene rings is 1. The molecule has 1 aliphatic rings. The Kier molecular flexibility index (Phi) is 8.71. The lowest BCUT2D eigenvalue weighted by Gasteiger charge is -2.33. The molecule has 0 bridgehead atoms. The van der Waals surface area contributed by atoms with Crippen LogP contribution in [-0.4, -0.2) is 55.9 Å². The zero-order valence-electron chi connectivity index (χ0n) is 19.8. The number of thiocarbonyl (C=S) groups is 1. The Morgan fingerprint density at radius 2 is 2.15 bits per heavy atom. The summed E-state index contributed by atoms with van der Waals surface area (Å²) in [5, 5.41) is 6.54. The van der Waals surface area contributed by atoms with E-state index >= 15 is 0 Å². The molecule has 2 heterocycles. The fourth-order valence-electron chi connectivity index (χ4n) is 3.78. The number of amides is 1. The van der Waals surface area contributed by atoms with Crippen molar-refractivity contribution in [3.63, 3.8) is 0 Å². The molecule has 0 aliphatic carbocycles. The molecule has 0 saturated heterocycles. The van der Waals surface area contributed by atoms with Gasteiger partial charge in [-0.25, -0.2) is 0 Å².